The molecule has 1 aliphatic rings. The van der Waals surface area contributed by atoms with Gasteiger partial charge in [0.1, 0.15) is 5.84 Å². The zero-order chi connectivity index (χ0) is 21.3. The maximum Gasteiger partial charge on any atom is 0.123 e. The van der Waals surface area contributed by atoms with Crippen LogP contribution < -0.4 is 0 Å². The van der Waals surface area contributed by atoms with Crippen molar-refractivity contribution in [3.63, 3.8) is 0 Å². The van der Waals surface area contributed by atoms with Crippen molar-refractivity contribution in [2.24, 2.45) is 4.99 Å². The summed E-state index contributed by atoms with van der Waals surface area (Å²) in [5, 5.41) is 10.0. The van der Waals surface area contributed by atoms with Crippen LogP contribution in [0.2, 0.25) is 0 Å². The Labute approximate surface area is 192 Å². The fourth-order valence-corrected chi connectivity index (χ4v) is 5.41. The Bertz CT molecular complexity index is 1480. The van der Waals surface area contributed by atoms with Gasteiger partial charge in [-0.15, -0.1) is 11.3 Å². The molecule has 32 heavy (non-hydrogen) atoms. The highest BCUT2D eigenvalue weighted by molar-refractivity contribution is 7.10. The smallest absolute Gasteiger partial charge is 0.123 e. The molecule has 0 unspecified atom stereocenters. The molecule has 0 fully saturated rings. The molecular weight excluding hydrogens is 408 g/mol. The third kappa shape index (κ3) is 3.49. The van der Waals surface area contributed by atoms with Crippen LogP contribution in [-0.2, 0) is 6.54 Å². The van der Waals surface area contributed by atoms with E-state index in [2.05, 4.69) is 101 Å². The number of benzene rings is 4. The molecule has 5 aromatic rings. The van der Waals surface area contributed by atoms with E-state index in [9.17, 15) is 0 Å². The van der Waals surface area contributed by atoms with Gasteiger partial charge in [0, 0.05) is 24.5 Å². The number of aliphatic imine (C=N–C) groups is 1. The van der Waals surface area contributed by atoms with Crippen LogP contribution in [0, 0.1) is 0 Å². The first-order chi connectivity index (χ1) is 15.9. The van der Waals surface area contributed by atoms with E-state index in [1.54, 1.807) is 11.3 Å². The minimum Gasteiger partial charge on any atom is -0.353 e. The van der Waals surface area contributed by atoms with Crippen molar-refractivity contribution in [3.8, 4) is 0 Å². The molecule has 4 aromatic carbocycles. The first-order valence-corrected chi connectivity index (χ1v) is 12.1. The lowest BCUT2D eigenvalue weighted by Crippen LogP contribution is -2.34. The second-order valence-electron chi connectivity index (χ2n) is 8.32. The molecule has 0 saturated heterocycles. The van der Waals surface area contributed by atoms with Gasteiger partial charge in [-0.1, -0.05) is 72.8 Å². The maximum atomic E-state index is 4.83. The highest BCUT2D eigenvalue weighted by Crippen LogP contribution is 2.33. The van der Waals surface area contributed by atoms with Crippen LogP contribution >= 0.6 is 11.3 Å². The quantitative estimate of drug-likeness (QED) is 0.268. The fourth-order valence-electron chi connectivity index (χ4n) is 4.80. The number of amidine groups is 1. The predicted molar refractivity (Wildman–Crippen MR) is 140 cm³/mol. The highest BCUT2D eigenvalue weighted by atomic mass is 32.1. The van der Waals surface area contributed by atoms with Gasteiger partial charge < -0.3 is 4.90 Å². The second-order valence-corrected chi connectivity index (χ2v) is 9.30. The topological polar surface area (TPSA) is 15.6 Å². The number of hydrogen-bond donors (Lipinski definition) is 0. The van der Waals surface area contributed by atoms with Crippen molar-refractivity contribution in [2.45, 2.75) is 13.0 Å². The number of nitrogens with zero attached hydrogens (tertiary/aromatic N) is 2. The van der Waals surface area contributed by atoms with Gasteiger partial charge in [-0.2, -0.15) is 0 Å². The van der Waals surface area contributed by atoms with E-state index < -0.39 is 0 Å². The minimum atomic E-state index is 0.879. The van der Waals surface area contributed by atoms with E-state index in [0.717, 1.165) is 31.9 Å². The summed E-state index contributed by atoms with van der Waals surface area (Å²) in [6, 6.07) is 28.8. The molecule has 3 heteroatoms. The van der Waals surface area contributed by atoms with Gasteiger partial charge >= 0.3 is 0 Å². The largest absolute Gasteiger partial charge is 0.353 e. The lowest BCUT2D eigenvalue weighted by atomic mass is 9.95. The van der Waals surface area contributed by atoms with E-state index in [4.69, 9.17) is 4.99 Å². The van der Waals surface area contributed by atoms with Crippen molar-refractivity contribution >= 4 is 55.6 Å². The lowest BCUT2D eigenvalue weighted by molar-refractivity contribution is 0.392. The van der Waals surface area contributed by atoms with Gasteiger partial charge in [0.15, 0.2) is 0 Å². The maximum absolute atomic E-state index is 4.83. The average Bonchev–Trinajstić information content (AvgIpc) is 3.37. The SMILES string of the molecule is C(=Cc1cccs1)C1=NCCCN1Cc1cccc2c1ccc1c3ccccc3ccc21. The van der Waals surface area contributed by atoms with E-state index >= 15 is 0 Å². The summed E-state index contributed by atoms with van der Waals surface area (Å²) in [4.78, 5) is 8.52. The summed E-state index contributed by atoms with van der Waals surface area (Å²) < 4.78 is 0. The Balaban J connectivity index is 1.39. The van der Waals surface area contributed by atoms with Gasteiger partial charge in [0.25, 0.3) is 0 Å². The molecule has 156 valence electrons. The monoisotopic (exact) mass is 432 g/mol. The van der Waals surface area contributed by atoms with Crippen LogP contribution in [0.4, 0.5) is 0 Å². The van der Waals surface area contributed by atoms with Crippen molar-refractivity contribution in [1.82, 2.24) is 4.90 Å². The van der Waals surface area contributed by atoms with Crippen LogP contribution in [0.25, 0.3) is 38.4 Å². The van der Waals surface area contributed by atoms with E-state index in [-0.39, 0.29) is 0 Å². The van der Waals surface area contributed by atoms with Crippen molar-refractivity contribution in [1.29, 1.82) is 0 Å². The third-order valence-corrected chi connectivity index (χ3v) is 7.20. The van der Waals surface area contributed by atoms with Crippen molar-refractivity contribution < 1.29 is 0 Å². The lowest BCUT2D eigenvalue weighted by Gasteiger charge is -2.28. The standard InChI is InChI=1S/C29H24N2S/c1-2-9-24-21(6-1)11-13-28-26-10-3-7-22(25(26)14-15-27(24)28)20-31-18-5-17-30-29(31)16-12-23-8-4-19-32-23/h1-4,6-16,19H,5,17-18,20H2. The van der Waals surface area contributed by atoms with Gasteiger partial charge in [-0.05, 0) is 67.9 Å². The van der Waals surface area contributed by atoms with Crippen LogP contribution in [-0.4, -0.2) is 23.8 Å². The molecule has 1 aliphatic heterocycles. The molecular formula is C29H24N2S. The van der Waals surface area contributed by atoms with Crippen LogP contribution in [0.15, 0.2) is 95.3 Å². The van der Waals surface area contributed by atoms with Gasteiger partial charge in [0.05, 0.1) is 0 Å². The minimum absolute atomic E-state index is 0.879. The molecule has 6 rings (SSSR count). The van der Waals surface area contributed by atoms with Crippen LogP contribution in [0.3, 0.4) is 0 Å². The normalized spacial score (nSPS) is 14.6. The van der Waals surface area contributed by atoms with E-state index in [0.29, 0.717) is 0 Å². The Morgan fingerprint density at radius 2 is 1.56 bits per heavy atom. The molecule has 0 saturated carbocycles. The molecule has 0 bridgehead atoms. The van der Waals surface area contributed by atoms with Gasteiger partial charge in [-0.25, -0.2) is 0 Å². The summed E-state index contributed by atoms with van der Waals surface area (Å²) in [6.45, 7) is 2.83. The van der Waals surface area contributed by atoms with Crippen LogP contribution in [0.1, 0.15) is 16.9 Å². The Morgan fingerprint density at radius 1 is 0.750 bits per heavy atom. The van der Waals surface area contributed by atoms with E-state index in [1.807, 2.05) is 0 Å². The first kappa shape index (κ1) is 19.3. The Hall–Kier alpha value is -3.43. The average molecular weight is 433 g/mol. The highest BCUT2D eigenvalue weighted by Gasteiger charge is 2.15. The van der Waals surface area contributed by atoms with E-state index in [1.165, 1.54) is 42.8 Å². The first-order valence-electron chi connectivity index (χ1n) is 11.2. The molecule has 1 aromatic heterocycles. The molecule has 0 amide bonds. The fraction of sp³-hybridized carbons (Fsp3) is 0.138. The summed E-state index contributed by atoms with van der Waals surface area (Å²) in [6.07, 6.45) is 5.47. The molecule has 0 spiro atoms. The Kier molecular flexibility index (Phi) is 4.97. The second kappa shape index (κ2) is 8.25. The molecule has 0 atom stereocenters. The van der Waals surface area contributed by atoms with Gasteiger partial charge in [0.2, 0.25) is 0 Å². The molecule has 2 nitrogen and oxygen atoms in total. The summed E-state index contributed by atoms with van der Waals surface area (Å²) >= 11 is 1.76. The summed E-state index contributed by atoms with van der Waals surface area (Å²) in [5.74, 6) is 1.09. The third-order valence-electron chi connectivity index (χ3n) is 6.36. The van der Waals surface area contributed by atoms with Gasteiger partial charge in [-0.3, -0.25) is 4.99 Å². The van der Waals surface area contributed by atoms with Crippen molar-refractivity contribution in [2.75, 3.05) is 13.1 Å². The number of hydrogen-bond acceptors (Lipinski definition) is 3. The predicted octanol–water partition coefficient (Wildman–Crippen LogP) is 7.53. The number of thiophene rings is 1. The number of rotatable bonds is 4. The van der Waals surface area contributed by atoms with Crippen molar-refractivity contribution in [3.05, 3.63) is 101 Å². The zero-order valence-corrected chi connectivity index (χ0v) is 18.7. The molecule has 0 radical (unpaired) electrons. The molecule has 0 N–H and O–H groups in total. The number of fused-ring (bicyclic) bond motifs is 5. The summed E-state index contributed by atoms with van der Waals surface area (Å²) in [5.41, 5.74) is 1.36. The Morgan fingerprint density at radius 3 is 2.50 bits per heavy atom. The molecule has 0 aliphatic carbocycles. The molecule has 2 heterocycles. The zero-order valence-electron chi connectivity index (χ0n) is 17.9. The summed E-state index contributed by atoms with van der Waals surface area (Å²) in [7, 11) is 0. The van der Waals surface area contributed by atoms with Crippen LogP contribution in [0.5, 0.6) is 0 Å².